The Bertz CT molecular complexity index is 825. The first kappa shape index (κ1) is 21.8. The molecule has 3 rings (SSSR count). The lowest BCUT2D eigenvalue weighted by Crippen LogP contribution is -2.53. The number of thiocarbonyl (C=S) groups is 1. The number of ether oxygens (including phenoxy) is 1. The van der Waals surface area contributed by atoms with Crippen molar-refractivity contribution in [2.45, 2.75) is 44.7 Å². The van der Waals surface area contributed by atoms with Crippen LogP contribution in [0.1, 0.15) is 38.2 Å². The minimum Gasteiger partial charge on any atom is -0.496 e. The molecule has 2 saturated heterocycles. The van der Waals surface area contributed by atoms with Gasteiger partial charge in [0.25, 0.3) is 5.91 Å². The topological polar surface area (TPSA) is 70.1 Å². The lowest BCUT2D eigenvalue weighted by molar-refractivity contribution is -0.142. The van der Waals surface area contributed by atoms with E-state index in [1.165, 1.54) is 16.7 Å². The van der Waals surface area contributed by atoms with Crippen LogP contribution in [0.4, 0.5) is 0 Å². The van der Waals surface area contributed by atoms with Gasteiger partial charge in [-0.2, -0.15) is 0 Å². The summed E-state index contributed by atoms with van der Waals surface area (Å²) in [7, 11) is 1.58. The highest BCUT2D eigenvalue weighted by molar-refractivity contribution is 8.26. The van der Waals surface area contributed by atoms with Gasteiger partial charge in [-0.3, -0.25) is 14.5 Å². The van der Waals surface area contributed by atoms with E-state index in [0.29, 0.717) is 27.9 Å². The number of rotatable bonds is 6. The van der Waals surface area contributed by atoms with Gasteiger partial charge in [0.15, 0.2) is 0 Å². The van der Waals surface area contributed by atoms with Gasteiger partial charge in [-0.15, -0.1) is 0 Å². The average Bonchev–Trinajstić information content (AvgIpc) is 3.01. The molecule has 2 atom stereocenters. The van der Waals surface area contributed by atoms with Crippen molar-refractivity contribution in [2.75, 3.05) is 20.3 Å². The van der Waals surface area contributed by atoms with Gasteiger partial charge in [-0.25, -0.2) is 0 Å². The Morgan fingerprint density at radius 2 is 2.17 bits per heavy atom. The highest BCUT2D eigenvalue weighted by Gasteiger charge is 2.41. The molecule has 1 aromatic carbocycles. The van der Waals surface area contributed by atoms with Gasteiger partial charge in [-0.05, 0) is 44.7 Å². The highest BCUT2D eigenvalue weighted by atomic mass is 32.2. The molecule has 0 bridgehead atoms. The summed E-state index contributed by atoms with van der Waals surface area (Å²) in [6.07, 6.45) is 5.18. The Balaban J connectivity index is 1.80. The Morgan fingerprint density at radius 1 is 1.41 bits per heavy atom. The molecule has 2 aliphatic heterocycles. The molecule has 0 spiro atoms. The van der Waals surface area contributed by atoms with Crippen molar-refractivity contribution in [1.29, 1.82) is 0 Å². The van der Waals surface area contributed by atoms with Gasteiger partial charge in [0.05, 0.1) is 12.0 Å². The smallest absolute Gasteiger partial charge is 0.266 e. The van der Waals surface area contributed by atoms with E-state index >= 15 is 0 Å². The van der Waals surface area contributed by atoms with E-state index in [9.17, 15) is 14.7 Å². The van der Waals surface area contributed by atoms with Crippen LogP contribution in [0.2, 0.25) is 0 Å². The Labute approximate surface area is 180 Å². The molecular formula is C21H26N2O4S2. The van der Waals surface area contributed by atoms with Crippen molar-refractivity contribution >= 4 is 46.2 Å². The van der Waals surface area contributed by atoms with Crippen LogP contribution in [0, 0.1) is 0 Å². The maximum atomic E-state index is 13.2. The van der Waals surface area contributed by atoms with Crippen molar-refractivity contribution in [1.82, 2.24) is 9.80 Å². The maximum absolute atomic E-state index is 13.2. The summed E-state index contributed by atoms with van der Waals surface area (Å²) in [6, 6.07) is 6.78. The molecule has 0 unspecified atom stereocenters. The number of aliphatic hydroxyl groups excluding tert-OH is 1. The SMILES string of the molecule is COc1ccccc1/C=C1/SC(=S)N([C@@H](C)C(=O)N2CCCC[C@@H]2CCO)C1=O. The number of piperidine rings is 1. The van der Waals surface area contributed by atoms with Crippen LogP contribution in [0.25, 0.3) is 6.08 Å². The Morgan fingerprint density at radius 3 is 2.90 bits per heavy atom. The highest BCUT2D eigenvalue weighted by Crippen LogP contribution is 2.36. The minimum atomic E-state index is -0.676. The average molecular weight is 435 g/mol. The van der Waals surface area contributed by atoms with Crippen molar-refractivity contribution in [3.63, 3.8) is 0 Å². The van der Waals surface area contributed by atoms with E-state index in [2.05, 4.69) is 0 Å². The van der Waals surface area contributed by atoms with Crippen LogP contribution in [0.5, 0.6) is 5.75 Å². The maximum Gasteiger partial charge on any atom is 0.266 e. The molecule has 0 saturated carbocycles. The number of carbonyl (C=O) groups excluding carboxylic acids is 2. The summed E-state index contributed by atoms with van der Waals surface area (Å²) in [5, 5.41) is 9.33. The Hall–Kier alpha value is -1.90. The molecule has 1 N–H and O–H groups in total. The summed E-state index contributed by atoms with van der Waals surface area (Å²) in [5.41, 5.74) is 0.786. The molecular weight excluding hydrogens is 408 g/mol. The number of benzene rings is 1. The molecule has 2 fully saturated rings. The molecule has 0 aliphatic carbocycles. The monoisotopic (exact) mass is 434 g/mol. The van der Waals surface area contributed by atoms with Gasteiger partial charge in [0.1, 0.15) is 16.1 Å². The zero-order valence-corrected chi connectivity index (χ0v) is 18.3. The number of hydrogen-bond donors (Lipinski definition) is 1. The van der Waals surface area contributed by atoms with Gasteiger partial charge < -0.3 is 14.7 Å². The van der Waals surface area contributed by atoms with E-state index in [1.807, 2.05) is 29.2 Å². The van der Waals surface area contributed by atoms with Crippen LogP contribution in [-0.2, 0) is 9.59 Å². The van der Waals surface area contributed by atoms with Gasteiger partial charge in [0, 0.05) is 24.8 Å². The van der Waals surface area contributed by atoms with E-state index in [1.54, 1.807) is 20.1 Å². The van der Waals surface area contributed by atoms with E-state index in [-0.39, 0.29) is 24.5 Å². The third-order valence-corrected chi connectivity index (χ3v) is 6.70. The lowest BCUT2D eigenvalue weighted by atomic mass is 9.98. The second-order valence-corrected chi connectivity index (χ2v) is 8.84. The van der Waals surface area contributed by atoms with Crippen LogP contribution < -0.4 is 4.74 Å². The minimum absolute atomic E-state index is 0.0197. The molecule has 6 nitrogen and oxygen atoms in total. The summed E-state index contributed by atoms with van der Waals surface area (Å²) in [5.74, 6) is 0.294. The number of carbonyl (C=O) groups is 2. The van der Waals surface area contributed by atoms with Gasteiger partial charge in [-0.1, -0.05) is 42.2 Å². The molecule has 0 radical (unpaired) electrons. The molecule has 2 amide bonds. The van der Waals surface area contributed by atoms with Crippen LogP contribution in [-0.4, -0.2) is 63.4 Å². The predicted octanol–water partition coefficient (Wildman–Crippen LogP) is 3.05. The molecule has 156 valence electrons. The van der Waals surface area contributed by atoms with Crippen molar-refractivity contribution in [3.05, 3.63) is 34.7 Å². The number of hydrogen-bond acceptors (Lipinski definition) is 6. The fourth-order valence-electron chi connectivity index (χ4n) is 3.83. The number of aliphatic hydroxyl groups is 1. The predicted molar refractivity (Wildman–Crippen MR) is 119 cm³/mol. The summed E-state index contributed by atoms with van der Waals surface area (Å²) in [6.45, 7) is 2.43. The zero-order valence-electron chi connectivity index (χ0n) is 16.7. The summed E-state index contributed by atoms with van der Waals surface area (Å²) < 4.78 is 5.73. The van der Waals surface area contributed by atoms with E-state index in [4.69, 9.17) is 17.0 Å². The van der Waals surface area contributed by atoms with Crippen molar-refractivity contribution in [2.24, 2.45) is 0 Å². The van der Waals surface area contributed by atoms with Crippen LogP contribution in [0.15, 0.2) is 29.2 Å². The second-order valence-electron chi connectivity index (χ2n) is 7.16. The molecule has 0 aromatic heterocycles. The number of para-hydroxylation sites is 1. The van der Waals surface area contributed by atoms with E-state index < -0.39 is 6.04 Å². The molecule has 2 aliphatic rings. The number of nitrogens with zero attached hydrogens (tertiary/aromatic N) is 2. The van der Waals surface area contributed by atoms with E-state index in [0.717, 1.165) is 24.8 Å². The largest absolute Gasteiger partial charge is 0.496 e. The first-order valence-electron chi connectivity index (χ1n) is 9.79. The third-order valence-electron chi connectivity index (χ3n) is 5.37. The molecule has 1 aromatic rings. The summed E-state index contributed by atoms with van der Waals surface area (Å²) >= 11 is 6.64. The van der Waals surface area contributed by atoms with Crippen molar-refractivity contribution in [3.8, 4) is 5.75 Å². The number of thioether (sulfide) groups is 1. The van der Waals surface area contributed by atoms with Crippen LogP contribution >= 0.6 is 24.0 Å². The lowest BCUT2D eigenvalue weighted by Gasteiger charge is -2.38. The normalized spacial score (nSPS) is 22.3. The fourth-order valence-corrected chi connectivity index (χ4v) is 5.24. The first-order chi connectivity index (χ1) is 14.0. The third kappa shape index (κ3) is 4.65. The van der Waals surface area contributed by atoms with Gasteiger partial charge >= 0.3 is 0 Å². The Kier molecular flexibility index (Phi) is 7.32. The zero-order chi connectivity index (χ0) is 21.0. The number of likely N-dealkylation sites (tertiary alicyclic amines) is 1. The summed E-state index contributed by atoms with van der Waals surface area (Å²) in [4.78, 5) is 29.9. The van der Waals surface area contributed by atoms with Crippen molar-refractivity contribution < 1.29 is 19.4 Å². The first-order valence-corrected chi connectivity index (χ1v) is 11.0. The molecule has 29 heavy (non-hydrogen) atoms. The second kappa shape index (κ2) is 9.73. The van der Waals surface area contributed by atoms with Crippen LogP contribution in [0.3, 0.4) is 0 Å². The fraction of sp³-hybridized carbons (Fsp3) is 0.476. The molecule has 2 heterocycles. The quantitative estimate of drug-likeness (QED) is 0.548. The number of methoxy groups -OCH3 is 1. The standard InChI is InChI=1S/C21H26N2O4S2/c1-14(19(25)22-11-6-5-8-16(22)10-12-24)23-20(26)18(29-21(23)28)13-15-7-3-4-9-17(15)27-2/h3-4,7,9,13-14,16,24H,5-6,8,10-12H2,1-2H3/b18-13+/t14-,16+/m0/s1. The van der Waals surface area contributed by atoms with Gasteiger partial charge in [0.2, 0.25) is 5.91 Å². The molecule has 8 heteroatoms. The number of amides is 2.